The summed E-state index contributed by atoms with van der Waals surface area (Å²) in [7, 11) is 0. The van der Waals surface area contributed by atoms with Crippen LogP contribution in [0.15, 0.2) is 48.5 Å². The first-order chi connectivity index (χ1) is 9.65. The number of ether oxygens (including phenoxy) is 1. The van der Waals surface area contributed by atoms with Crippen LogP contribution in [0, 0.1) is 5.82 Å². The average molecular weight is 293 g/mol. The number of ketones is 1. The molecule has 0 amide bonds. The third-order valence-corrected chi connectivity index (χ3v) is 3.02. The summed E-state index contributed by atoms with van der Waals surface area (Å²) < 4.78 is 18.9. The molecule has 0 unspecified atom stereocenters. The largest absolute Gasteiger partial charge is 0.493 e. The van der Waals surface area contributed by atoms with Crippen molar-refractivity contribution in [2.45, 2.75) is 12.8 Å². The Morgan fingerprint density at radius 2 is 1.90 bits per heavy atom. The number of halogens is 2. The van der Waals surface area contributed by atoms with Gasteiger partial charge in [0.05, 0.1) is 6.61 Å². The molecule has 0 saturated carbocycles. The van der Waals surface area contributed by atoms with Gasteiger partial charge < -0.3 is 4.74 Å². The van der Waals surface area contributed by atoms with E-state index in [2.05, 4.69) is 0 Å². The van der Waals surface area contributed by atoms with Crippen molar-refractivity contribution in [1.29, 1.82) is 0 Å². The van der Waals surface area contributed by atoms with Gasteiger partial charge in [0.15, 0.2) is 0 Å². The van der Waals surface area contributed by atoms with E-state index in [-0.39, 0.29) is 25.2 Å². The molecule has 2 aromatic carbocycles. The van der Waals surface area contributed by atoms with Crippen LogP contribution in [0.4, 0.5) is 4.39 Å². The van der Waals surface area contributed by atoms with Crippen molar-refractivity contribution in [2.24, 2.45) is 0 Å². The molecule has 0 fully saturated rings. The SMILES string of the molecule is O=C(CCOc1ccccc1)Cc1cc(Cl)ccc1F. The van der Waals surface area contributed by atoms with Crippen molar-refractivity contribution >= 4 is 17.4 Å². The smallest absolute Gasteiger partial charge is 0.140 e. The average Bonchev–Trinajstić information content (AvgIpc) is 2.44. The number of benzene rings is 2. The van der Waals surface area contributed by atoms with E-state index in [0.717, 1.165) is 0 Å². The number of hydrogen-bond acceptors (Lipinski definition) is 2. The maximum Gasteiger partial charge on any atom is 0.140 e. The van der Waals surface area contributed by atoms with Crippen LogP contribution in [0.5, 0.6) is 5.75 Å². The standard InChI is InChI=1S/C16H14ClFO2/c17-13-6-7-16(18)12(10-13)11-14(19)8-9-20-15-4-2-1-3-5-15/h1-7,10H,8-9,11H2. The van der Waals surface area contributed by atoms with Gasteiger partial charge in [-0.25, -0.2) is 4.39 Å². The molecule has 2 rings (SSSR count). The molecule has 0 atom stereocenters. The van der Waals surface area contributed by atoms with Crippen molar-refractivity contribution in [1.82, 2.24) is 0 Å². The summed E-state index contributed by atoms with van der Waals surface area (Å²) in [6, 6.07) is 13.5. The molecular formula is C16H14ClFO2. The molecule has 0 bridgehead atoms. The van der Waals surface area contributed by atoms with Crippen LogP contribution in [0.2, 0.25) is 5.02 Å². The van der Waals surface area contributed by atoms with Gasteiger partial charge in [-0.05, 0) is 35.9 Å². The van der Waals surface area contributed by atoms with Crippen molar-refractivity contribution in [2.75, 3.05) is 6.61 Å². The minimum Gasteiger partial charge on any atom is -0.493 e. The molecule has 4 heteroatoms. The number of Topliss-reactive ketones (excluding diaryl/α,β-unsaturated/α-hetero) is 1. The lowest BCUT2D eigenvalue weighted by atomic mass is 10.1. The Morgan fingerprint density at radius 1 is 1.15 bits per heavy atom. The summed E-state index contributed by atoms with van der Waals surface area (Å²) in [6.07, 6.45) is 0.269. The van der Waals surface area contributed by atoms with Gasteiger partial charge in [-0.15, -0.1) is 0 Å². The van der Waals surface area contributed by atoms with Crippen molar-refractivity contribution < 1.29 is 13.9 Å². The van der Waals surface area contributed by atoms with E-state index in [1.54, 1.807) is 0 Å². The molecule has 0 heterocycles. The molecular weight excluding hydrogens is 279 g/mol. The first-order valence-electron chi connectivity index (χ1n) is 6.28. The zero-order chi connectivity index (χ0) is 14.4. The summed E-state index contributed by atoms with van der Waals surface area (Å²) in [5.74, 6) is 0.225. The zero-order valence-corrected chi connectivity index (χ0v) is 11.6. The molecule has 104 valence electrons. The van der Waals surface area contributed by atoms with E-state index >= 15 is 0 Å². The number of carbonyl (C=O) groups excluding carboxylic acids is 1. The van der Waals surface area contributed by atoms with Gasteiger partial charge in [0.1, 0.15) is 17.3 Å². The Balaban J connectivity index is 1.82. The molecule has 0 radical (unpaired) electrons. The molecule has 20 heavy (non-hydrogen) atoms. The van der Waals surface area contributed by atoms with Crippen molar-refractivity contribution in [3.05, 3.63) is 64.9 Å². The summed E-state index contributed by atoms with van der Waals surface area (Å²) in [6.45, 7) is 0.283. The maximum atomic E-state index is 13.5. The van der Waals surface area contributed by atoms with Crippen LogP contribution >= 0.6 is 11.6 Å². The van der Waals surface area contributed by atoms with Gasteiger partial charge in [-0.3, -0.25) is 4.79 Å². The molecule has 0 aliphatic heterocycles. The number of carbonyl (C=O) groups is 1. The maximum absolute atomic E-state index is 13.5. The molecule has 0 aromatic heterocycles. The van der Waals surface area contributed by atoms with E-state index in [4.69, 9.17) is 16.3 Å². The van der Waals surface area contributed by atoms with Gasteiger partial charge in [-0.2, -0.15) is 0 Å². The fraction of sp³-hybridized carbons (Fsp3) is 0.188. The normalized spacial score (nSPS) is 10.3. The third kappa shape index (κ3) is 4.35. The zero-order valence-electron chi connectivity index (χ0n) is 10.8. The predicted octanol–water partition coefficient (Wildman–Crippen LogP) is 4.06. The van der Waals surface area contributed by atoms with E-state index in [0.29, 0.717) is 16.3 Å². The summed E-state index contributed by atoms with van der Waals surface area (Å²) in [4.78, 5) is 11.8. The number of para-hydroxylation sites is 1. The number of hydrogen-bond donors (Lipinski definition) is 0. The molecule has 2 nitrogen and oxygen atoms in total. The molecule has 0 aliphatic rings. The predicted molar refractivity (Wildman–Crippen MR) is 76.7 cm³/mol. The van der Waals surface area contributed by atoms with Crippen LogP contribution < -0.4 is 4.74 Å². The Bertz CT molecular complexity index is 584. The highest BCUT2D eigenvalue weighted by Crippen LogP contribution is 2.16. The highest BCUT2D eigenvalue weighted by molar-refractivity contribution is 6.30. The Hall–Kier alpha value is -1.87. The first kappa shape index (κ1) is 14.5. The summed E-state index contributed by atoms with van der Waals surface area (Å²) in [5.41, 5.74) is 0.321. The second-order valence-electron chi connectivity index (χ2n) is 4.36. The van der Waals surface area contributed by atoms with Crippen molar-refractivity contribution in [3.8, 4) is 5.75 Å². The van der Waals surface area contributed by atoms with Gasteiger partial charge >= 0.3 is 0 Å². The minimum atomic E-state index is -0.410. The molecule has 0 aliphatic carbocycles. The fourth-order valence-corrected chi connectivity index (χ4v) is 1.97. The molecule has 0 spiro atoms. The lowest BCUT2D eigenvalue weighted by molar-refractivity contribution is -0.118. The topological polar surface area (TPSA) is 26.3 Å². The molecule has 0 N–H and O–H groups in total. The van der Waals surface area contributed by atoms with Crippen molar-refractivity contribution in [3.63, 3.8) is 0 Å². The quantitative estimate of drug-likeness (QED) is 0.802. The van der Waals surface area contributed by atoms with E-state index in [1.807, 2.05) is 30.3 Å². The Labute approximate surface area is 122 Å². The van der Waals surface area contributed by atoms with E-state index < -0.39 is 5.82 Å². The van der Waals surface area contributed by atoms with Gasteiger partial charge in [0.25, 0.3) is 0 Å². The fourth-order valence-electron chi connectivity index (χ4n) is 1.78. The third-order valence-electron chi connectivity index (χ3n) is 2.79. The lowest BCUT2D eigenvalue weighted by Gasteiger charge is -2.06. The lowest BCUT2D eigenvalue weighted by Crippen LogP contribution is -2.09. The molecule has 2 aromatic rings. The summed E-state index contributed by atoms with van der Waals surface area (Å²) >= 11 is 5.78. The summed E-state index contributed by atoms with van der Waals surface area (Å²) in [5, 5.41) is 0.426. The monoisotopic (exact) mass is 292 g/mol. The second-order valence-corrected chi connectivity index (χ2v) is 4.80. The van der Waals surface area contributed by atoms with E-state index in [9.17, 15) is 9.18 Å². The van der Waals surface area contributed by atoms with Gasteiger partial charge in [0.2, 0.25) is 0 Å². The van der Waals surface area contributed by atoms with Crippen LogP contribution in [0.3, 0.4) is 0 Å². The van der Waals surface area contributed by atoms with Crippen LogP contribution in [-0.4, -0.2) is 12.4 Å². The Kier molecular flexibility index (Phi) is 5.13. The van der Waals surface area contributed by atoms with Gasteiger partial charge in [-0.1, -0.05) is 29.8 Å². The Morgan fingerprint density at radius 3 is 2.65 bits per heavy atom. The minimum absolute atomic E-state index is 0.0323. The highest BCUT2D eigenvalue weighted by Gasteiger charge is 2.09. The number of rotatable bonds is 6. The van der Waals surface area contributed by atoms with E-state index in [1.165, 1.54) is 18.2 Å². The van der Waals surface area contributed by atoms with Crippen LogP contribution in [0.25, 0.3) is 0 Å². The first-order valence-corrected chi connectivity index (χ1v) is 6.66. The highest BCUT2D eigenvalue weighted by atomic mass is 35.5. The van der Waals surface area contributed by atoms with Gasteiger partial charge in [0, 0.05) is 17.9 Å². The van der Waals surface area contributed by atoms with Crippen LogP contribution in [-0.2, 0) is 11.2 Å². The van der Waals surface area contributed by atoms with Crippen LogP contribution in [0.1, 0.15) is 12.0 Å². The molecule has 0 saturated heterocycles. The second kappa shape index (κ2) is 7.06.